The summed E-state index contributed by atoms with van der Waals surface area (Å²) in [6, 6.07) is 4.64. The van der Waals surface area contributed by atoms with Gasteiger partial charge in [-0.15, -0.1) is 11.3 Å². The van der Waals surface area contributed by atoms with Gasteiger partial charge in [-0.2, -0.15) is 5.10 Å². The molecule has 0 saturated carbocycles. The van der Waals surface area contributed by atoms with Crippen LogP contribution in [0.5, 0.6) is 0 Å². The van der Waals surface area contributed by atoms with Gasteiger partial charge in [-0.3, -0.25) is 4.68 Å². The van der Waals surface area contributed by atoms with Crippen molar-refractivity contribution >= 4 is 22.9 Å². The van der Waals surface area contributed by atoms with Crippen LogP contribution in [0.2, 0.25) is 5.02 Å². The zero-order chi connectivity index (χ0) is 14.0. The Hall–Kier alpha value is -0.840. The molecule has 1 N–H and O–H groups in total. The lowest BCUT2D eigenvalue weighted by atomic mass is 10.1. The second-order valence-corrected chi connectivity index (χ2v) is 6.35. The summed E-state index contributed by atoms with van der Waals surface area (Å²) >= 11 is 8.21. The molecule has 2 aromatic heterocycles. The van der Waals surface area contributed by atoms with E-state index in [0.29, 0.717) is 0 Å². The monoisotopic (exact) mass is 297 g/mol. The van der Waals surface area contributed by atoms with Crippen molar-refractivity contribution in [1.82, 2.24) is 15.1 Å². The maximum Gasteiger partial charge on any atom is 0.0847 e. The standard InChI is InChI=1S/C14H20ClN3S/c1-5-18-12(14(15)10(3)17-18)8-11(16-4)13-7-6-9(2)19-13/h6-7,11,16H,5,8H2,1-4H3. The van der Waals surface area contributed by atoms with E-state index in [0.717, 1.165) is 29.4 Å². The second kappa shape index (κ2) is 6.07. The maximum atomic E-state index is 6.38. The molecule has 3 nitrogen and oxygen atoms in total. The molecular weight excluding hydrogens is 278 g/mol. The Morgan fingerprint density at radius 3 is 2.68 bits per heavy atom. The first-order chi connectivity index (χ1) is 9.06. The number of nitrogens with zero attached hydrogens (tertiary/aromatic N) is 2. The molecule has 2 rings (SSSR count). The van der Waals surface area contributed by atoms with Crippen LogP contribution >= 0.6 is 22.9 Å². The summed E-state index contributed by atoms with van der Waals surface area (Å²) in [5.41, 5.74) is 2.03. The van der Waals surface area contributed by atoms with Crippen molar-refractivity contribution in [1.29, 1.82) is 0 Å². The average Bonchev–Trinajstić information content (AvgIpc) is 2.93. The summed E-state index contributed by atoms with van der Waals surface area (Å²) < 4.78 is 2.00. The van der Waals surface area contributed by atoms with Crippen molar-refractivity contribution in [2.75, 3.05) is 7.05 Å². The maximum absolute atomic E-state index is 6.38. The summed E-state index contributed by atoms with van der Waals surface area (Å²) in [4.78, 5) is 2.68. The third-order valence-corrected chi connectivity index (χ3v) is 4.91. The molecule has 1 atom stereocenters. The number of thiophene rings is 1. The highest BCUT2D eigenvalue weighted by atomic mass is 35.5. The van der Waals surface area contributed by atoms with Crippen LogP contribution < -0.4 is 5.32 Å². The number of nitrogens with one attached hydrogen (secondary N) is 1. The molecule has 0 bridgehead atoms. The third-order valence-electron chi connectivity index (χ3n) is 3.30. The molecule has 0 amide bonds. The highest BCUT2D eigenvalue weighted by Gasteiger charge is 2.19. The molecule has 0 aliphatic heterocycles. The van der Waals surface area contributed by atoms with E-state index in [9.17, 15) is 0 Å². The van der Waals surface area contributed by atoms with Crippen LogP contribution in [0.3, 0.4) is 0 Å². The van der Waals surface area contributed by atoms with Gasteiger partial charge in [0.15, 0.2) is 0 Å². The molecule has 19 heavy (non-hydrogen) atoms. The van der Waals surface area contributed by atoms with Crippen LogP contribution in [0.4, 0.5) is 0 Å². The van der Waals surface area contributed by atoms with Gasteiger partial charge in [0.1, 0.15) is 0 Å². The Balaban J connectivity index is 2.28. The van der Waals surface area contributed by atoms with Crippen LogP contribution in [0.25, 0.3) is 0 Å². The molecule has 0 aliphatic carbocycles. The average molecular weight is 298 g/mol. The number of halogens is 1. The predicted molar refractivity (Wildman–Crippen MR) is 82.2 cm³/mol. The van der Waals surface area contributed by atoms with E-state index in [4.69, 9.17) is 11.6 Å². The number of hydrogen-bond donors (Lipinski definition) is 1. The SMILES string of the molecule is CCn1nc(C)c(Cl)c1CC(NC)c1ccc(C)s1. The minimum atomic E-state index is 0.289. The van der Waals surface area contributed by atoms with Gasteiger partial charge in [0.2, 0.25) is 0 Å². The Bertz CT molecular complexity index is 559. The van der Waals surface area contributed by atoms with Gasteiger partial charge < -0.3 is 5.32 Å². The molecule has 0 aliphatic rings. The summed E-state index contributed by atoms with van der Waals surface area (Å²) in [6.45, 7) is 7.04. The third kappa shape index (κ3) is 3.02. The Labute approximate surface area is 123 Å². The molecule has 104 valence electrons. The van der Waals surface area contributed by atoms with E-state index in [1.165, 1.54) is 9.75 Å². The summed E-state index contributed by atoms with van der Waals surface area (Å²) in [7, 11) is 1.99. The van der Waals surface area contributed by atoms with Crippen LogP contribution in [0.1, 0.15) is 34.1 Å². The van der Waals surface area contributed by atoms with Gasteiger partial charge >= 0.3 is 0 Å². The van der Waals surface area contributed by atoms with E-state index < -0.39 is 0 Å². The van der Waals surface area contributed by atoms with Crippen LogP contribution in [-0.4, -0.2) is 16.8 Å². The molecule has 0 radical (unpaired) electrons. The van der Waals surface area contributed by atoms with Crippen molar-refractivity contribution in [3.8, 4) is 0 Å². The van der Waals surface area contributed by atoms with Crippen molar-refractivity contribution < 1.29 is 0 Å². The number of rotatable bonds is 5. The fraction of sp³-hybridized carbons (Fsp3) is 0.500. The van der Waals surface area contributed by atoms with E-state index in [1.54, 1.807) is 0 Å². The van der Waals surface area contributed by atoms with E-state index in [1.807, 2.05) is 30.0 Å². The molecule has 0 fully saturated rings. The van der Waals surface area contributed by atoms with Crippen LogP contribution in [0, 0.1) is 13.8 Å². The summed E-state index contributed by atoms with van der Waals surface area (Å²) in [5.74, 6) is 0. The first kappa shape index (κ1) is 14.6. The lowest BCUT2D eigenvalue weighted by Crippen LogP contribution is -2.19. The number of aryl methyl sites for hydroxylation is 3. The largest absolute Gasteiger partial charge is 0.312 e. The zero-order valence-corrected chi connectivity index (χ0v) is 13.4. The smallest absolute Gasteiger partial charge is 0.0847 e. The van der Waals surface area contributed by atoms with Gasteiger partial charge in [-0.25, -0.2) is 0 Å². The fourth-order valence-electron chi connectivity index (χ4n) is 2.24. The molecular formula is C14H20ClN3S. The molecule has 2 aromatic rings. The first-order valence-electron chi connectivity index (χ1n) is 6.52. The topological polar surface area (TPSA) is 29.9 Å². The van der Waals surface area contributed by atoms with Crippen molar-refractivity contribution in [2.24, 2.45) is 0 Å². The van der Waals surface area contributed by atoms with Crippen LogP contribution in [-0.2, 0) is 13.0 Å². The highest BCUT2D eigenvalue weighted by Crippen LogP contribution is 2.29. The molecule has 1 unspecified atom stereocenters. The minimum Gasteiger partial charge on any atom is -0.312 e. The molecule has 5 heteroatoms. The van der Waals surface area contributed by atoms with Crippen molar-refractivity contribution in [3.05, 3.63) is 38.3 Å². The quantitative estimate of drug-likeness (QED) is 0.911. The van der Waals surface area contributed by atoms with E-state index in [2.05, 4.69) is 36.4 Å². The molecule has 0 spiro atoms. The van der Waals surface area contributed by atoms with Gasteiger partial charge in [-0.05, 0) is 40.0 Å². The Kier molecular flexibility index (Phi) is 4.66. The van der Waals surface area contributed by atoms with Gasteiger partial charge in [0.25, 0.3) is 0 Å². The minimum absolute atomic E-state index is 0.289. The number of aromatic nitrogens is 2. The van der Waals surface area contributed by atoms with Crippen molar-refractivity contribution in [3.63, 3.8) is 0 Å². The Morgan fingerprint density at radius 1 is 1.42 bits per heavy atom. The number of likely N-dealkylation sites (N-methyl/N-ethyl adjacent to an activating group) is 1. The van der Waals surface area contributed by atoms with E-state index >= 15 is 0 Å². The fourth-order valence-corrected chi connectivity index (χ4v) is 3.44. The van der Waals surface area contributed by atoms with Crippen LogP contribution in [0.15, 0.2) is 12.1 Å². The highest BCUT2D eigenvalue weighted by molar-refractivity contribution is 7.12. The predicted octanol–water partition coefficient (Wildman–Crippen LogP) is 3.74. The number of hydrogen-bond acceptors (Lipinski definition) is 3. The van der Waals surface area contributed by atoms with Gasteiger partial charge in [-0.1, -0.05) is 11.6 Å². The molecule has 0 aromatic carbocycles. The first-order valence-corrected chi connectivity index (χ1v) is 7.71. The van der Waals surface area contributed by atoms with Gasteiger partial charge in [0, 0.05) is 28.8 Å². The zero-order valence-electron chi connectivity index (χ0n) is 11.8. The molecule has 2 heterocycles. The Morgan fingerprint density at radius 2 is 2.16 bits per heavy atom. The summed E-state index contributed by atoms with van der Waals surface area (Å²) in [5, 5.41) is 8.66. The summed E-state index contributed by atoms with van der Waals surface area (Å²) in [6.07, 6.45) is 0.865. The molecule has 0 saturated heterocycles. The van der Waals surface area contributed by atoms with Gasteiger partial charge in [0.05, 0.1) is 16.4 Å². The van der Waals surface area contributed by atoms with E-state index in [-0.39, 0.29) is 6.04 Å². The lowest BCUT2D eigenvalue weighted by molar-refractivity contribution is 0.547. The van der Waals surface area contributed by atoms with Crippen molar-refractivity contribution in [2.45, 2.75) is 39.8 Å². The normalized spacial score (nSPS) is 12.9. The lowest BCUT2D eigenvalue weighted by Gasteiger charge is -2.15. The second-order valence-electron chi connectivity index (χ2n) is 4.66.